The smallest absolute Gasteiger partial charge is 0.257 e. The van der Waals surface area contributed by atoms with Gasteiger partial charge < -0.3 is 20.1 Å². The number of amides is 1. The summed E-state index contributed by atoms with van der Waals surface area (Å²) >= 11 is 0. The summed E-state index contributed by atoms with van der Waals surface area (Å²) in [4.78, 5) is 25.0. The number of nitrogens with zero attached hydrogens (tertiary/aromatic N) is 4. The van der Waals surface area contributed by atoms with Gasteiger partial charge in [-0.15, -0.1) is 0 Å². The second-order valence-corrected chi connectivity index (χ2v) is 7.18. The van der Waals surface area contributed by atoms with Crippen LogP contribution in [-0.2, 0) is 0 Å². The zero-order valence-corrected chi connectivity index (χ0v) is 18.2. The molecule has 1 fully saturated rings. The number of benzene rings is 1. The van der Waals surface area contributed by atoms with Crippen LogP contribution in [0.25, 0.3) is 16.7 Å². The van der Waals surface area contributed by atoms with Gasteiger partial charge in [0.2, 0.25) is 0 Å². The van der Waals surface area contributed by atoms with Gasteiger partial charge in [-0.1, -0.05) is 12.5 Å². The highest BCUT2D eigenvalue weighted by Crippen LogP contribution is 2.19. The average molecular weight is 439 g/mol. The standard InChI is InChI=1S/C17H12FN5O.C5H11N.CH4O/c1-10-8-23-9-11(7-13(18)16(23)21-10)22-17(24)12-3-2-4-14-15(12)20-6-5-19-14;1-2-4-6-5-3-1;1-2/h2-9H,1H3,(H,22,24);6H,1-5H2;2H,1H3. The maximum absolute atomic E-state index is 14.1. The Morgan fingerprint density at radius 2 is 1.88 bits per heavy atom. The van der Waals surface area contributed by atoms with Crippen LogP contribution in [0.5, 0.6) is 0 Å². The Kier molecular flexibility index (Phi) is 8.18. The zero-order valence-electron chi connectivity index (χ0n) is 18.2. The Morgan fingerprint density at radius 1 is 1.12 bits per heavy atom. The van der Waals surface area contributed by atoms with Gasteiger partial charge in [-0.05, 0) is 45.0 Å². The van der Waals surface area contributed by atoms with E-state index in [0.29, 0.717) is 28.0 Å². The predicted octanol–water partition coefficient (Wildman–Crippen LogP) is 3.35. The van der Waals surface area contributed by atoms with Crippen LogP contribution in [0.4, 0.5) is 10.1 Å². The van der Waals surface area contributed by atoms with Crippen LogP contribution < -0.4 is 10.6 Å². The molecule has 0 radical (unpaired) electrons. The van der Waals surface area contributed by atoms with Gasteiger partial charge >= 0.3 is 0 Å². The number of halogens is 1. The SMILES string of the molecule is C1CCNCC1.CO.Cc1cn2cc(NC(=O)c3cccc4nccnc34)cc(F)c2n1. The van der Waals surface area contributed by atoms with Gasteiger partial charge in [-0.3, -0.25) is 14.8 Å². The maximum Gasteiger partial charge on any atom is 0.257 e. The minimum atomic E-state index is -0.501. The topological polar surface area (TPSA) is 104 Å². The molecule has 1 amide bonds. The minimum Gasteiger partial charge on any atom is -0.400 e. The highest BCUT2D eigenvalue weighted by molar-refractivity contribution is 6.11. The second-order valence-electron chi connectivity index (χ2n) is 7.18. The van der Waals surface area contributed by atoms with Gasteiger partial charge in [0.25, 0.3) is 5.91 Å². The molecule has 9 heteroatoms. The molecule has 4 aromatic rings. The lowest BCUT2D eigenvalue weighted by atomic mass is 10.1. The second kappa shape index (κ2) is 11.3. The summed E-state index contributed by atoms with van der Waals surface area (Å²) in [6.45, 7) is 4.28. The van der Waals surface area contributed by atoms with Crippen LogP contribution in [0.2, 0.25) is 0 Å². The van der Waals surface area contributed by atoms with Crippen molar-refractivity contribution in [3.63, 3.8) is 0 Å². The number of aliphatic hydroxyl groups is 1. The van der Waals surface area contributed by atoms with E-state index in [1.165, 1.54) is 44.6 Å². The number of aryl methyl sites for hydroxylation is 1. The summed E-state index contributed by atoms with van der Waals surface area (Å²) < 4.78 is 15.7. The minimum absolute atomic E-state index is 0.224. The third-order valence-electron chi connectivity index (χ3n) is 4.84. The van der Waals surface area contributed by atoms with Crippen molar-refractivity contribution in [2.75, 3.05) is 25.5 Å². The highest BCUT2D eigenvalue weighted by Gasteiger charge is 2.14. The van der Waals surface area contributed by atoms with E-state index < -0.39 is 5.82 Å². The van der Waals surface area contributed by atoms with Crippen LogP contribution in [0, 0.1) is 12.7 Å². The fourth-order valence-electron chi connectivity index (χ4n) is 3.42. The number of nitrogens with one attached hydrogen (secondary N) is 2. The van der Waals surface area contributed by atoms with E-state index in [1.807, 2.05) is 0 Å². The van der Waals surface area contributed by atoms with Crippen LogP contribution in [0.3, 0.4) is 0 Å². The van der Waals surface area contributed by atoms with Crippen LogP contribution in [0.15, 0.2) is 49.1 Å². The van der Waals surface area contributed by atoms with E-state index >= 15 is 0 Å². The highest BCUT2D eigenvalue weighted by atomic mass is 19.1. The zero-order chi connectivity index (χ0) is 22.9. The molecule has 4 heterocycles. The molecule has 0 unspecified atom stereocenters. The Balaban J connectivity index is 0.000000309. The van der Waals surface area contributed by atoms with Crippen LogP contribution in [-0.4, -0.2) is 50.6 Å². The van der Waals surface area contributed by atoms with Crippen molar-refractivity contribution >= 4 is 28.3 Å². The normalized spacial score (nSPS) is 13.0. The molecular formula is C23H27FN6O2. The van der Waals surface area contributed by atoms with Crippen molar-refractivity contribution in [2.45, 2.75) is 26.2 Å². The number of imidazole rings is 1. The molecule has 168 valence electrons. The monoisotopic (exact) mass is 438 g/mol. The van der Waals surface area contributed by atoms with Crippen molar-refractivity contribution in [1.82, 2.24) is 24.7 Å². The number of anilines is 1. The molecule has 1 aliphatic rings. The molecule has 0 bridgehead atoms. The third-order valence-corrected chi connectivity index (χ3v) is 4.84. The van der Waals surface area contributed by atoms with Gasteiger partial charge in [-0.25, -0.2) is 9.37 Å². The molecule has 0 atom stereocenters. The molecule has 3 aromatic heterocycles. The van der Waals surface area contributed by atoms with Gasteiger partial charge in [0.05, 0.1) is 22.5 Å². The molecule has 0 saturated carbocycles. The Labute approximate surface area is 185 Å². The number of pyridine rings is 1. The first kappa shape index (κ1) is 23.2. The number of fused-ring (bicyclic) bond motifs is 2. The number of aliphatic hydroxyl groups excluding tert-OH is 1. The number of carbonyl (C=O) groups is 1. The third kappa shape index (κ3) is 5.63. The fourth-order valence-corrected chi connectivity index (χ4v) is 3.42. The summed E-state index contributed by atoms with van der Waals surface area (Å²) in [5, 5.41) is 13.0. The lowest BCUT2D eigenvalue weighted by Crippen LogP contribution is -2.21. The molecule has 0 spiro atoms. The summed E-state index contributed by atoms with van der Waals surface area (Å²) in [6.07, 6.45) is 10.6. The number of rotatable bonds is 2. The number of aromatic nitrogens is 4. The van der Waals surface area contributed by atoms with Crippen LogP contribution in [0.1, 0.15) is 35.3 Å². The number of para-hydroxylation sites is 1. The number of hydrogen-bond acceptors (Lipinski definition) is 6. The first-order valence-electron chi connectivity index (χ1n) is 10.4. The largest absolute Gasteiger partial charge is 0.400 e. The number of carbonyl (C=O) groups excluding carboxylic acids is 1. The van der Waals surface area contributed by atoms with Gasteiger partial charge in [0, 0.05) is 38.0 Å². The van der Waals surface area contributed by atoms with Crippen molar-refractivity contribution in [3.05, 3.63) is 66.1 Å². The van der Waals surface area contributed by atoms with Gasteiger partial charge in [0.1, 0.15) is 5.52 Å². The molecular weight excluding hydrogens is 411 g/mol. The molecule has 8 nitrogen and oxygen atoms in total. The molecule has 0 aliphatic carbocycles. The quantitative estimate of drug-likeness (QED) is 0.443. The fraction of sp³-hybridized carbons (Fsp3) is 0.304. The van der Waals surface area contributed by atoms with E-state index in [9.17, 15) is 9.18 Å². The summed E-state index contributed by atoms with van der Waals surface area (Å²) in [5.41, 5.74) is 2.75. The van der Waals surface area contributed by atoms with E-state index in [2.05, 4.69) is 25.6 Å². The molecule has 32 heavy (non-hydrogen) atoms. The molecule has 3 N–H and O–H groups in total. The molecule has 1 aliphatic heterocycles. The number of piperidine rings is 1. The maximum atomic E-state index is 14.1. The lowest BCUT2D eigenvalue weighted by Gasteiger charge is -2.08. The predicted molar refractivity (Wildman–Crippen MR) is 122 cm³/mol. The van der Waals surface area contributed by atoms with E-state index in [1.54, 1.807) is 48.1 Å². The Morgan fingerprint density at radius 3 is 2.56 bits per heavy atom. The van der Waals surface area contributed by atoms with Crippen molar-refractivity contribution in [1.29, 1.82) is 0 Å². The van der Waals surface area contributed by atoms with Gasteiger partial charge in [0.15, 0.2) is 11.5 Å². The molecule has 1 saturated heterocycles. The van der Waals surface area contributed by atoms with Crippen molar-refractivity contribution < 1.29 is 14.3 Å². The van der Waals surface area contributed by atoms with E-state index in [4.69, 9.17) is 5.11 Å². The first-order chi connectivity index (χ1) is 15.6. The molecule has 1 aromatic carbocycles. The van der Waals surface area contributed by atoms with Gasteiger partial charge in [-0.2, -0.15) is 0 Å². The summed E-state index contributed by atoms with van der Waals surface area (Å²) in [5.74, 6) is -0.879. The van der Waals surface area contributed by atoms with Crippen molar-refractivity contribution in [2.24, 2.45) is 0 Å². The summed E-state index contributed by atoms with van der Waals surface area (Å²) in [6, 6.07) is 6.41. The van der Waals surface area contributed by atoms with Crippen LogP contribution >= 0.6 is 0 Å². The Bertz CT molecular complexity index is 1170. The molecule has 5 rings (SSSR count). The summed E-state index contributed by atoms with van der Waals surface area (Å²) in [7, 11) is 1.00. The van der Waals surface area contributed by atoms with E-state index in [-0.39, 0.29) is 11.6 Å². The van der Waals surface area contributed by atoms with Crippen molar-refractivity contribution in [3.8, 4) is 0 Å². The first-order valence-corrected chi connectivity index (χ1v) is 10.4. The number of hydrogen-bond donors (Lipinski definition) is 3. The lowest BCUT2D eigenvalue weighted by molar-refractivity contribution is 0.102. The van der Waals surface area contributed by atoms with E-state index in [0.717, 1.165) is 7.11 Å². The average Bonchev–Trinajstić information content (AvgIpc) is 3.22. The Hall–Kier alpha value is -3.43.